The molecule has 0 aliphatic carbocycles. The molecule has 0 aliphatic heterocycles. The van der Waals surface area contributed by atoms with Crippen LogP contribution >= 0.6 is 0 Å². The van der Waals surface area contributed by atoms with Crippen molar-refractivity contribution in [2.75, 3.05) is 0 Å². The molecule has 0 radical (unpaired) electrons. The summed E-state index contributed by atoms with van der Waals surface area (Å²) in [5, 5.41) is 9.29. The maximum Gasteiger partial charge on any atom is 0.269 e. The van der Waals surface area contributed by atoms with Crippen LogP contribution in [0.25, 0.3) is 10.9 Å². The highest BCUT2D eigenvalue weighted by molar-refractivity contribution is 7.90. The van der Waals surface area contributed by atoms with Crippen molar-refractivity contribution in [1.82, 2.24) is 3.97 Å². The van der Waals surface area contributed by atoms with Crippen molar-refractivity contribution < 1.29 is 12.8 Å². The Hall–Kier alpha value is -2.65. The fraction of sp³-hybridized carbons (Fsp3) is 0.0625. The summed E-state index contributed by atoms with van der Waals surface area (Å²) in [6.07, 6.45) is 0. The van der Waals surface area contributed by atoms with Crippen molar-refractivity contribution in [1.29, 1.82) is 5.26 Å². The SMILES string of the molecule is Cc1ccc(S(=O)(=O)n2c(C#N)c(F)c3ccccc32)cc1. The summed E-state index contributed by atoms with van der Waals surface area (Å²) in [6.45, 7) is 1.84. The lowest BCUT2D eigenvalue weighted by Gasteiger charge is -2.08. The molecule has 0 fully saturated rings. The largest absolute Gasteiger partial charge is 0.269 e. The van der Waals surface area contributed by atoms with E-state index < -0.39 is 21.5 Å². The van der Waals surface area contributed by atoms with Crippen molar-refractivity contribution in [3.63, 3.8) is 0 Å². The number of hydrogen-bond donors (Lipinski definition) is 0. The molecule has 1 aromatic heterocycles. The molecular formula is C16H11FN2O2S. The minimum atomic E-state index is -4.05. The fourth-order valence-electron chi connectivity index (χ4n) is 2.33. The lowest BCUT2D eigenvalue weighted by atomic mass is 10.2. The summed E-state index contributed by atoms with van der Waals surface area (Å²) in [7, 11) is -4.05. The van der Waals surface area contributed by atoms with Crippen molar-refractivity contribution >= 4 is 20.9 Å². The number of para-hydroxylation sites is 1. The van der Waals surface area contributed by atoms with Crippen LogP contribution in [0.4, 0.5) is 4.39 Å². The number of hydrogen-bond acceptors (Lipinski definition) is 3. The molecule has 0 N–H and O–H groups in total. The van der Waals surface area contributed by atoms with Gasteiger partial charge in [-0.2, -0.15) is 5.26 Å². The predicted molar refractivity (Wildman–Crippen MR) is 80.4 cm³/mol. The van der Waals surface area contributed by atoms with Gasteiger partial charge < -0.3 is 0 Å². The van der Waals surface area contributed by atoms with E-state index in [1.165, 1.54) is 24.3 Å². The van der Waals surface area contributed by atoms with Crippen molar-refractivity contribution in [2.24, 2.45) is 0 Å². The van der Waals surface area contributed by atoms with Gasteiger partial charge in [0.2, 0.25) is 0 Å². The van der Waals surface area contributed by atoms with Gasteiger partial charge in [-0.25, -0.2) is 16.8 Å². The number of nitrogens with zero attached hydrogens (tertiary/aromatic N) is 2. The number of rotatable bonds is 2. The lowest BCUT2D eigenvalue weighted by molar-refractivity contribution is 0.584. The second-order valence-corrected chi connectivity index (χ2v) is 6.66. The quantitative estimate of drug-likeness (QED) is 0.729. The van der Waals surface area contributed by atoms with Gasteiger partial charge in [-0.1, -0.05) is 29.8 Å². The Balaban J connectivity index is 2.39. The van der Waals surface area contributed by atoms with E-state index in [0.29, 0.717) is 0 Å². The molecule has 0 saturated carbocycles. The van der Waals surface area contributed by atoms with Crippen LogP contribution in [-0.4, -0.2) is 12.4 Å². The molecule has 2 aromatic carbocycles. The van der Waals surface area contributed by atoms with E-state index in [9.17, 15) is 18.1 Å². The molecule has 0 spiro atoms. The van der Waals surface area contributed by atoms with E-state index in [2.05, 4.69) is 0 Å². The molecule has 3 rings (SSSR count). The van der Waals surface area contributed by atoms with E-state index in [0.717, 1.165) is 9.54 Å². The van der Waals surface area contributed by atoms with Crippen molar-refractivity contribution in [2.45, 2.75) is 11.8 Å². The van der Waals surface area contributed by atoms with Crippen LogP contribution in [0, 0.1) is 24.1 Å². The van der Waals surface area contributed by atoms with Crippen LogP contribution in [0.15, 0.2) is 53.4 Å². The third-order valence-corrected chi connectivity index (χ3v) is 5.16. The molecule has 1 heterocycles. The highest BCUT2D eigenvalue weighted by atomic mass is 32.2. The topological polar surface area (TPSA) is 62.9 Å². The predicted octanol–water partition coefficient (Wildman–Crippen LogP) is 3.20. The van der Waals surface area contributed by atoms with Gasteiger partial charge in [0.25, 0.3) is 10.0 Å². The minimum absolute atomic E-state index is 0.00959. The van der Waals surface area contributed by atoms with Gasteiger partial charge in [0.15, 0.2) is 11.5 Å². The number of nitriles is 1. The number of fused-ring (bicyclic) bond motifs is 1. The molecular weight excluding hydrogens is 303 g/mol. The fourth-order valence-corrected chi connectivity index (χ4v) is 3.80. The molecule has 6 heteroatoms. The third-order valence-electron chi connectivity index (χ3n) is 3.44. The summed E-state index contributed by atoms with van der Waals surface area (Å²) in [6, 6.07) is 14.0. The lowest BCUT2D eigenvalue weighted by Crippen LogP contribution is -2.15. The van der Waals surface area contributed by atoms with Gasteiger partial charge in [-0.15, -0.1) is 0 Å². The minimum Gasteiger partial charge on any atom is -0.221 e. The van der Waals surface area contributed by atoms with Gasteiger partial charge in [-0.3, -0.25) is 0 Å². The van der Waals surface area contributed by atoms with E-state index in [1.54, 1.807) is 30.3 Å². The van der Waals surface area contributed by atoms with E-state index >= 15 is 0 Å². The van der Waals surface area contributed by atoms with Gasteiger partial charge in [0.05, 0.1) is 10.4 Å². The Kier molecular flexibility index (Phi) is 3.23. The summed E-state index contributed by atoms with van der Waals surface area (Å²) in [5.41, 5.74) is 0.543. The first kappa shape index (κ1) is 14.3. The maximum absolute atomic E-state index is 14.3. The number of aryl methyl sites for hydroxylation is 1. The molecule has 110 valence electrons. The van der Waals surface area contributed by atoms with Gasteiger partial charge in [0, 0.05) is 5.39 Å². The Labute approximate surface area is 127 Å². The zero-order valence-electron chi connectivity index (χ0n) is 11.6. The van der Waals surface area contributed by atoms with E-state index in [1.807, 2.05) is 6.92 Å². The zero-order chi connectivity index (χ0) is 15.9. The average Bonchev–Trinajstić information content (AvgIpc) is 2.81. The van der Waals surface area contributed by atoms with Crippen LogP contribution in [0.2, 0.25) is 0 Å². The Morgan fingerprint density at radius 1 is 1.09 bits per heavy atom. The summed E-state index contributed by atoms with van der Waals surface area (Å²) < 4.78 is 40.7. The van der Waals surface area contributed by atoms with Gasteiger partial charge in [0.1, 0.15) is 6.07 Å². The first-order valence-corrected chi connectivity index (χ1v) is 7.92. The summed E-state index contributed by atoms with van der Waals surface area (Å²) in [5.74, 6) is -0.825. The van der Waals surface area contributed by atoms with Crippen LogP contribution in [0.5, 0.6) is 0 Å². The first-order chi connectivity index (χ1) is 10.5. The molecule has 0 atom stereocenters. The smallest absolute Gasteiger partial charge is 0.221 e. The molecule has 0 unspecified atom stereocenters. The molecule has 0 aliphatic rings. The van der Waals surface area contributed by atoms with Gasteiger partial charge in [-0.05, 0) is 31.2 Å². The van der Waals surface area contributed by atoms with Crippen LogP contribution < -0.4 is 0 Å². The van der Waals surface area contributed by atoms with Crippen molar-refractivity contribution in [3.05, 3.63) is 65.6 Å². The molecule has 0 amide bonds. The number of benzene rings is 2. The third kappa shape index (κ3) is 1.98. The standard InChI is InChI=1S/C16H11FN2O2S/c1-11-6-8-12(9-7-11)22(20,21)19-14-5-3-2-4-13(14)16(17)15(19)10-18/h2-9H,1H3. The Bertz CT molecular complexity index is 1010. The molecule has 3 aromatic rings. The Morgan fingerprint density at radius 2 is 1.73 bits per heavy atom. The normalized spacial score (nSPS) is 11.5. The molecule has 22 heavy (non-hydrogen) atoms. The summed E-state index contributed by atoms with van der Waals surface area (Å²) in [4.78, 5) is 0.00959. The molecule has 4 nitrogen and oxygen atoms in total. The number of halogens is 1. The average molecular weight is 314 g/mol. The van der Waals surface area contributed by atoms with E-state index in [4.69, 9.17) is 0 Å². The van der Waals surface area contributed by atoms with Crippen LogP contribution in [-0.2, 0) is 10.0 Å². The van der Waals surface area contributed by atoms with Crippen LogP contribution in [0.1, 0.15) is 11.3 Å². The van der Waals surface area contributed by atoms with Gasteiger partial charge >= 0.3 is 0 Å². The second kappa shape index (κ2) is 4.97. The second-order valence-electron chi connectivity index (χ2n) is 4.87. The zero-order valence-corrected chi connectivity index (χ0v) is 12.4. The van der Waals surface area contributed by atoms with Crippen molar-refractivity contribution in [3.8, 4) is 6.07 Å². The molecule has 0 saturated heterocycles. The first-order valence-electron chi connectivity index (χ1n) is 6.48. The van der Waals surface area contributed by atoms with E-state index in [-0.39, 0.29) is 15.8 Å². The highest BCUT2D eigenvalue weighted by Crippen LogP contribution is 2.28. The summed E-state index contributed by atoms with van der Waals surface area (Å²) >= 11 is 0. The van der Waals surface area contributed by atoms with Crippen LogP contribution in [0.3, 0.4) is 0 Å². The highest BCUT2D eigenvalue weighted by Gasteiger charge is 2.27. The number of aromatic nitrogens is 1. The monoisotopic (exact) mass is 314 g/mol. The molecule has 0 bridgehead atoms. The Morgan fingerprint density at radius 3 is 2.36 bits per heavy atom. The maximum atomic E-state index is 14.3.